The molecule has 8 heteroatoms. The van der Waals surface area contributed by atoms with Crippen LogP contribution in [0.3, 0.4) is 0 Å². The molecule has 0 N–H and O–H groups in total. The minimum absolute atomic E-state index is 0.167. The Balaban J connectivity index is 2.96. The van der Waals surface area contributed by atoms with Gasteiger partial charge in [-0.25, -0.2) is 18.8 Å². The van der Waals surface area contributed by atoms with Gasteiger partial charge in [0, 0.05) is 20.3 Å². The second kappa shape index (κ2) is 8.03. The number of hydrogen-bond donors (Lipinski definition) is 0. The zero-order chi connectivity index (χ0) is 18.5. The van der Waals surface area contributed by atoms with E-state index < -0.39 is 24.7 Å². The Hall–Kier alpha value is -1.54. The second-order valence-corrected chi connectivity index (χ2v) is 6.85. The Bertz CT molecular complexity index is 520. The molecule has 0 aromatic carbocycles. The number of allylic oxidation sites excluding steroid dienone is 2. The number of rotatable bonds is 5. The topological polar surface area (TPSA) is 46.4 Å². The standard InChI is InChI=1S/C16H26BF2N3O2/c1-12(17-23-15(2,3)16(4,5)24-17)10-20-14(9-8-13(18)19)21-11-22(6)7/h8-11,13H,1-7H3/b9-8+,12-10+,20-14-,21-11?. The van der Waals surface area contributed by atoms with Crippen LogP contribution in [0.1, 0.15) is 34.6 Å². The van der Waals surface area contributed by atoms with Gasteiger partial charge in [0.1, 0.15) is 0 Å². The number of halogens is 2. The summed E-state index contributed by atoms with van der Waals surface area (Å²) in [5, 5.41) is 0. The normalized spacial score (nSPS) is 21.5. The molecule has 1 heterocycles. The van der Waals surface area contributed by atoms with Crippen LogP contribution in [0, 0.1) is 0 Å². The van der Waals surface area contributed by atoms with Crippen molar-refractivity contribution < 1.29 is 18.1 Å². The highest BCUT2D eigenvalue weighted by Gasteiger charge is 2.51. The molecule has 0 aromatic rings. The molecule has 0 saturated carbocycles. The van der Waals surface area contributed by atoms with Gasteiger partial charge in [0.05, 0.1) is 17.5 Å². The van der Waals surface area contributed by atoms with Crippen molar-refractivity contribution in [3.63, 3.8) is 0 Å². The fourth-order valence-electron chi connectivity index (χ4n) is 1.71. The van der Waals surface area contributed by atoms with Crippen LogP contribution in [-0.4, -0.2) is 55.9 Å². The SMILES string of the molecule is C\C(=C/N=C(/C=C/C(F)F)N=CN(C)C)B1OC(C)(C)C(C)(C)O1. The summed E-state index contributed by atoms with van der Waals surface area (Å²) in [7, 11) is 3.03. The quantitative estimate of drug-likeness (QED) is 0.438. The highest BCUT2D eigenvalue weighted by atomic mass is 19.3. The highest BCUT2D eigenvalue weighted by molar-refractivity contribution is 6.54. The van der Waals surface area contributed by atoms with Crippen molar-refractivity contribution in [2.24, 2.45) is 9.98 Å². The van der Waals surface area contributed by atoms with E-state index >= 15 is 0 Å². The van der Waals surface area contributed by atoms with Crippen molar-refractivity contribution in [3.05, 3.63) is 23.8 Å². The first-order valence-corrected chi connectivity index (χ1v) is 7.72. The van der Waals surface area contributed by atoms with Gasteiger partial charge < -0.3 is 14.2 Å². The van der Waals surface area contributed by atoms with Crippen LogP contribution in [0.2, 0.25) is 0 Å². The Morgan fingerprint density at radius 2 is 1.67 bits per heavy atom. The summed E-state index contributed by atoms with van der Waals surface area (Å²) in [5.41, 5.74) is -0.160. The van der Waals surface area contributed by atoms with Gasteiger partial charge in [-0.15, -0.1) is 0 Å². The molecule has 134 valence electrons. The fourth-order valence-corrected chi connectivity index (χ4v) is 1.71. The van der Waals surface area contributed by atoms with E-state index in [2.05, 4.69) is 9.98 Å². The molecular formula is C16H26BF2N3O2. The lowest BCUT2D eigenvalue weighted by Crippen LogP contribution is -2.41. The summed E-state index contributed by atoms with van der Waals surface area (Å²) in [5.74, 6) is 0.167. The first-order chi connectivity index (χ1) is 10.9. The van der Waals surface area contributed by atoms with Crippen LogP contribution in [0.15, 0.2) is 33.8 Å². The Labute approximate surface area is 143 Å². The molecule has 0 spiro atoms. The predicted molar refractivity (Wildman–Crippen MR) is 94.6 cm³/mol. The van der Waals surface area contributed by atoms with E-state index in [-0.39, 0.29) is 5.84 Å². The maximum Gasteiger partial charge on any atom is 0.491 e. The highest BCUT2D eigenvalue weighted by Crippen LogP contribution is 2.38. The molecule has 24 heavy (non-hydrogen) atoms. The molecule has 1 saturated heterocycles. The third-order valence-corrected chi connectivity index (χ3v) is 3.84. The molecule has 0 atom stereocenters. The summed E-state index contributed by atoms with van der Waals surface area (Å²) in [6, 6.07) is 0. The summed E-state index contributed by atoms with van der Waals surface area (Å²) >= 11 is 0. The van der Waals surface area contributed by atoms with Crippen molar-refractivity contribution in [1.29, 1.82) is 0 Å². The monoisotopic (exact) mass is 341 g/mol. The molecule has 0 aromatic heterocycles. The summed E-state index contributed by atoms with van der Waals surface area (Å²) in [6.45, 7) is 9.66. The minimum atomic E-state index is -2.56. The molecule has 1 rings (SSSR count). The first-order valence-electron chi connectivity index (χ1n) is 7.72. The number of hydrogen-bond acceptors (Lipinski definition) is 3. The summed E-state index contributed by atoms with van der Waals surface area (Å²) < 4.78 is 36.5. The molecule has 1 aliphatic rings. The largest absolute Gasteiger partial charge is 0.491 e. The van der Waals surface area contributed by atoms with Crippen molar-refractivity contribution in [1.82, 2.24) is 4.90 Å². The van der Waals surface area contributed by atoms with Crippen LogP contribution in [-0.2, 0) is 9.31 Å². The van der Waals surface area contributed by atoms with E-state index in [1.54, 1.807) is 19.0 Å². The number of amidine groups is 1. The summed E-state index contributed by atoms with van der Waals surface area (Å²) in [6.07, 6.45) is 2.38. The van der Waals surface area contributed by atoms with Crippen molar-refractivity contribution >= 4 is 19.3 Å². The second-order valence-electron chi connectivity index (χ2n) is 6.85. The van der Waals surface area contributed by atoms with Gasteiger partial charge in [-0.2, -0.15) is 0 Å². The van der Waals surface area contributed by atoms with Gasteiger partial charge in [0.2, 0.25) is 0 Å². The van der Waals surface area contributed by atoms with E-state index in [4.69, 9.17) is 9.31 Å². The Kier molecular flexibility index (Phi) is 6.86. The third-order valence-electron chi connectivity index (χ3n) is 3.84. The van der Waals surface area contributed by atoms with Gasteiger partial charge in [-0.05, 0) is 52.2 Å². The third kappa shape index (κ3) is 5.83. The van der Waals surface area contributed by atoms with E-state index in [0.29, 0.717) is 0 Å². The van der Waals surface area contributed by atoms with Crippen molar-refractivity contribution in [2.45, 2.75) is 52.2 Å². The molecule has 1 fully saturated rings. The van der Waals surface area contributed by atoms with Crippen LogP contribution in [0.5, 0.6) is 0 Å². The van der Waals surface area contributed by atoms with E-state index in [1.165, 1.54) is 18.6 Å². The van der Waals surface area contributed by atoms with Gasteiger partial charge >= 0.3 is 7.12 Å². The molecule has 0 amide bonds. The Morgan fingerprint density at radius 1 is 1.12 bits per heavy atom. The van der Waals surface area contributed by atoms with E-state index in [0.717, 1.165) is 11.5 Å². The van der Waals surface area contributed by atoms with Gasteiger partial charge in [-0.1, -0.05) is 0 Å². The average molecular weight is 341 g/mol. The predicted octanol–water partition coefficient (Wildman–Crippen LogP) is 3.33. The number of aliphatic imine (C=N–C) groups is 2. The van der Waals surface area contributed by atoms with Gasteiger partial charge in [0.25, 0.3) is 6.43 Å². The molecule has 5 nitrogen and oxygen atoms in total. The lowest BCUT2D eigenvalue weighted by molar-refractivity contribution is 0.00578. The minimum Gasteiger partial charge on any atom is -0.400 e. The smallest absolute Gasteiger partial charge is 0.400 e. The molecule has 0 radical (unpaired) electrons. The van der Waals surface area contributed by atoms with Crippen molar-refractivity contribution in [2.75, 3.05) is 14.1 Å². The van der Waals surface area contributed by atoms with Crippen LogP contribution in [0.25, 0.3) is 0 Å². The maximum atomic E-state index is 12.3. The molecule has 0 unspecified atom stereocenters. The lowest BCUT2D eigenvalue weighted by Gasteiger charge is -2.32. The number of nitrogens with zero attached hydrogens (tertiary/aromatic N) is 3. The maximum absolute atomic E-state index is 12.3. The summed E-state index contributed by atoms with van der Waals surface area (Å²) in [4.78, 5) is 9.90. The fraction of sp³-hybridized carbons (Fsp3) is 0.625. The zero-order valence-electron chi connectivity index (χ0n) is 15.4. The van der Waals surface area contributed by atoms with Gasteiger partial charge in [-0.3, -0.25) is 0 Å². The number of alkyl halides is 2. The molecule has 0 aliphatic carbocycles. The first kappa shape index (κ1) is 20.5. The lowest BCUT2D eigenvalue weighted by atomic mass is 9.80. The van der Waals surface area contributed by atoms with Crippen LogP contribution < -0.4 is 0 Å². The molecule has 0 bridgehead atoms. The molecular weight excluding hydrogens is 315 g/mol. The average Bonchev–Trinajstić information content (AvgIpc) is 2.65. The van der Waals surface area contributed by atoms with Crippen molar-refractivity contribution in [3.8, 4) is 0 Å². The van der Waals surface area contributed by atoms with E-state index in [9.17, 15) is 8.78 Å². The molecule has 1 aliphatic heterocycles. The zero-order valence-corrected chi connectivity index (χ0v) is 15.4. The van der Waals surface area contributed by atoms with Crippen LogP contribution in [0.4, 0.5) is 8.78 Å². The Morgan fingerprint density at radius 3 is 2.12 bits per heavy atom. The van der Waals surface area contributed by atoms with Gasteiger partial charge in [0.15, 0.2) is 5.84 Å². The van der Waals surface area contributed by atoms with E-state index in [1.807, 2.05) is 34.6 Å². The van der Waals surface area contributed by atoms with Crippen LogP contribution >= 0.6 is 0 Å².